The maximum absolute atomic E-state index is 12.0. The maximum Gasteiger partial charge on any atom is 0.323 e. The van der Waals surface area contributed by atoms with E-state index in [1.807, 2.05) is 49.4 Å². The summed E-state index contributed by atoms with van der Waals surface area (Å²) in [7, 11) is 1.45. The van der Waals surface area contributed by atoms with E-state index in [1.54, 1.807) is 0 Å². The van der Waals surface area contributed by atoms with Gasteiger partial charge in [-0.05, 0) is 68.6 Å². The van der Waals surface area contributed by atoms with Crippen molar-refractivity contribution in [1.82, 2.24) is 9.88 Å². The van der Waals surface area contributed by atoms with Crippen LogP contribution in [0.15, 0.2) is 52.9 Å². The third-order valence-electron chi connectivity index (χ3n) is 5.81. The zero-order valence-electron chi connectivity index (χ0n) is 18.3. The third kappa shape index (κ3) is 4.80. The van der Waals surface area contributed by atoms with Crippen LogP contribution in [0.3, 0.4) is 0 Å². The van der Waals surface area contributed by atoms with Gasteiger partial charge in [-0.15, -0.1) is 0 Å². The number of rotatable bonds is 7. The number of benzene rings is 2. The molecule has 0 spiro atoms. The minimum absolute atomic E-state index is 0.144. The first-order chi connectivity index (χ1) is 15.0. The Morgan fingerprint density at radius 1 is 1.19 bits per heavy atom. The zero-order chi connectivity index (χ0) is 21.8. The number of hydrogen-bond acceptors (Lipinski definition) is 6. The molecule has 1 atom stereocenters. The summed E-state index contributed by atoms with van der Waals surface area (Å²) in [4.78, 5) is 18.8. The highest BCUT2D eigenvalue weighted by molar-refractivity contribution is 5.76. The first-order valence-corrected chi connectivity index (χ1v) is 10.6. The number of ether oxygens (including phenoxy) is 2. The number of nitrogens with zero attached hydrogens (tertiary/aromatic N) is 2. The lowest BCUT2D eigenvalue weighted by Gasteiger charge is -2.23. The third-order valence-corrected chi connectivity index (χ3v) is 5.81. The molecule has 2 aromatic carbocycles. The summed E-state index contributed by atoms with van der Waals surface area (Å²) in [5.74, 6) is 2.01. The molecule has 0 N–H and O–H groups in total. The molecule has 1 aromatic heterocycles. The van der Waals surface area contributed by atoms with Crippen LogP contribution >= 0.6 is 0 Å². The normalized spacial score (nSPS) is 16.4. The smallest absolute Gasteiger partial charge is 0.323 e. The molecule has 1 fully saturated rings. The van der Waals surface area contributed by atoms with Crippen molar-refractivity contribution < 1.29 is 18.7 Å². The summed E-state index contributed by atoms with van der Waals surface area (Å²) in [6.07, 6.45) is 1.87. The van der Waals surface area contributed by atoms with Gasteiger partial charge in [-0.25, -0.2) is 4.98 Å². The topological polar surface area (TPSA) is 64.8 Å². The lowest BCUT2D eigenvalue weighted by atomic mass is 10.1. The van der Waals surface area contributed by atoms with Gasteiger partial charge in [0.1, 0.15) is 29.9 Å². The molecule has 0 amide bonds. The molecule has 31 heavy (non-hydrogen) atoms. The molecular weight excluding hydrogens is 392 g/mol. The monoisotopic (exact) mass is 420 g/mol. The van der Waals surface area contributed by atoms with Crippen molar-refractivity contribution in [3.63, 3.8) is 0 Å². The summed E-state index contributed by atoms with van der Waals surface area (Å²) >= 11 is 0. The molecule has 0 aliphatic carbocycles. The number of methoxy groups -OCH3 is 1. The largest absolute Gasteiger partial charge is 0.487 e. The highest BCUT2D eigenvalue weighted by Gasteiger charge is 2.31. The lowest BCUT2D eigenvalue weighted by Crippen LogP contribution is -2.36. The quantitative estimate of drug-likeness (QED) is 0.518. The lowest BCUT2D eigenvalue weighted by molar-refractivity contribution is -0.146. The fraction of sp³-hybridized carbons (Fsp3) is 0.360. The predicted molar refractivity (Wildman–Crippen MR) is 118 cm³/mol. The van der Waals surface area contributed by atoms with Gasteiger partial charge in [0.05, 0.1) is 7.11 Å². The molecule has 3 aromatic rings. The summed E-state index contributed by atoms with van der Waals surface area (Å²) in [6, 6.07) is 15.8. The molecule has 6 heteroatoms. The molecule has 1 saturated heterocycles. The van der Waals surface area contributed by atoms with Gasteiger partial charge in [-0.1, -0.05) is 24.3 Å². The first-order valence-electron chi connectivity index (χ1n) is 10.6. The average Bonchev–Trinajstić information content (AvgIpc) is 3.40. The van der Waals surface area contributed by atoms with E-state index in [0.29, 0.717) is 12.5 Å². The van der Waals surface area contributed by atoms with Crippen molar-refractivity contribution in [2.24, 2.45) is 0 Å². The van der Waals surface area contributed by atoms with E-state index in [4.69, 9.17) is 13.9 Å². The van der Waals surface area contributed by atoms with Gasteiger partial charge in [0.2, 0.25) is 5.89 Å². The van der Waals surface area contributed by atoms with Gasteiger partial charge in [-0.2, -0.15) is 0 Å². The van der Waals surface area contributed by atoms with Crippen LogP contribution in [-0.4, -0.2) is 35.5 Å². The minimum atomic E-state index is -0.145. The van der Waals surface area contributed by atoms with E-state index in [0.717, 1.165) is 54.3 Å². The van der Waals surface area contributed by atoms with Gasteiger partial charge < -0.3 is 13.9 Å². The zero-order valence-corrected chi connectivity index (χ0v) is 18.3. The van der Waals surface area contributed by atoms with Crippen LogP contribution in [-0.2, 0) is 22.7 Å². The SMILES string of the molecule is COC(=O)C1CCCN1Cc1ccc(OCc2nc(-c3ccccc3)oc2C)cc1C. The van der Waals surface area contributed by atoms with Crippen molar-refractivity contribution in [1.29, 1.82) is 0 Å². The minimum Gasteiger partial charge on any atom is -0.487 e. The van der Waals surface area contributed by atoms with Crippen LogP contribution < -0.4 is 4.74 Å². The van der Waals surface area contributed by atoms with Gasteiger partial charge in [0.15, 0.2) is 0 Å². The van der Waals surface area contributed by atoms with Crippen LogP contribution in [0.1, 0.15) is 35.4 Å². The van der Waals surface area contributed by atoms with Crippen molar-refractivity contribution in [2.45, 2.75) is 45.9 Å². The molecule has 0 radical (unpaired) electrons. The molecule has 1 aliphatic heterocycles. The van der Waals surface area contributed by atoms with Gasteiger partial charge in [-0.3, -0.25) is 9.69 Å². The fourth-order valence-corrected chi connectivity index (χ4v) is 3.99. The molecule has 1 aliphatic rings. The van der Waals surface area contributed by atoms with E-state index in [-0.39, 0.29) is 12.0 Å². The van der Waals surface area contributed by atoms with Crippen molar-refractivity contribution >= 4 is 5.97 Å². The molecule has 162 valence electrons. The molecule has 2 heterocycles. The van der Waals surface area contributed by atoms with E-state index in [9.17, 15) is 4.79 Å². The van der Waals surface area contributed by atoms with Crippen LogP contribution in [0.25, 0.3) is 11.5 Å². The Labute approximate surface area is 182 Å². The average molecular weight is 421 g/mol. The van der Waals surface area contributed by atoms with Gasteiger partial charge in [0, 0.05) is 12.1 Å². The Balaban J connectivity index is 1.40. The Morgan fingerprint density at radius 3 is 2.74 bits per heavy atom. The number of esters is 1. The number of oxazole rings is 1. The Morgan fingerprint density at radius 2 is 2.00 bits per heavy atom. The van der Waals surface area contributed by atoms with Gasteiger partial charge >= 0.3 is 5.97 Å². The first kappa shape index (κ1) is 21.1. The second-order valence-electron chi connectivity index (χ2n) is 7.92. The molecule has 6 nitrogen and oxygen atoms in total. The second kappa shape index (κ2) is 9.35. The number of carbonyl (C=O) groups excluding carboxylic acids is 1. The summed E-state index contributed by atoms with van der Waals surface area (Å²) in [5, 5.41) is 0. The highest BCUT2D eigenvalue weighted by Crippen LogP contribution is 2.26. The summed E-state index contributed by atoms with van der Waals surface area (Å²) in [5.41, 5.74) is 4.06. The number of hydrogen-bond donors (Lipinski definition) is 0. The molecular formula is C25H28N2O4. The van der Waals surface area contributed by atoms with Crippen LogP contribution in [0.4, 0.5) is 0 Å². The standard InChI is InChI=1S/C25H28N2O4/c1-17-14-21(12-11-20(17)15-27-13-7-10-23(27)25(28)29-3)30-16-22-18(2)31-24(26-22)19-8-5-4-6-9-19/h4-6,8-9,11-12,14,23H,7,10,13,15-16H2,1-3H3. The van der Waals surface area contributed by atoms with Crippen LogP contribution in [0.5, 0.6) is 5.75 Å². The maximum atomic E-state index is 12.0. The Bertz CT molecular complexity index is 1040. The summed E-state index contributed by atoms with van der Waals surface area (Å²) < 4.78 is 16.8. The van der Waals surface area contributed by atoms with Crippen LogP contribution in [0.2, 0.25) is 0 Å². The van der Waals surface area contributed by atoms with E-state index in [1.165, 1.54) is 12.7 Å². The highest BCUT2D eigenvalue weighted by atomic mass is 16.5. The number of carbonyl (C=O) groups is 1. The molecule has 4 rings (SSSR count). The second-order valence-corrected chi connectivity index (χ2v) is 7.92. The van der Waals surface area contributed by atoms with Crippen molar-refractivity contribution in [3.8, 4) is 17.2 Å². The molecule has 1 unspecified atom stereocenters. The summed E-state index contributed by atoms with van der Waals surface area (Å²) in [6.45, 7) is 5.96. The van der Waals surface area contributed by atoms with Crippen LogP contribution in [0, 0.1) is 13.8 Å². The number of aryl methyl sites for hydroxylation is 2. The van der Waals surface area contributed by atoms with Crippen molar-refractivity contribution in [2.75, 3.05) is 13.7 Å². The Hall–Kier alpha value is -3.12. The molecule has 0 bridgehead atoms. The van der Waals surface area contributed by atoms with E-state index in [2.05, 4.69) is 22.9 Å². The number of aromatic nitrogens is 1. The predicted octanol–water partition coefficient (Wildman–Crippen LogP) is 4.67. The molecule has 0 saturated carbocycles. The van der Waals surface area contributed by atoms with E-state index < -0.39 is 0 Å². The Kier molecular flexibility index (Phi) is 6.37. The fourth-order valence-electron chi connectivity index (χ4n) is 3.99. The number of likely N-dealkylation sites (tertiary alicyclic amines) is 1. The van der Waals surface area contributed by atoms with Crippen molar-refractivity contribution in [3.05, 3.63) is 71.1 Å². The van der Waals surface area contributed by atoms with E-state index >= 15 is 0 Å². The van der Waals surface area contributed by atoms with Gasteiger partial charge in [0.25, 0.3) is 0 Å².